The topological polar surface area (TPSA) is 47.6 Å². The van der Waals surface area contributed by atoms with Crippen LogP contribution in [0.1, 0.15) is 30.1 Å². The first-order chi connectivity index (χ1) is 8.64. The highest BCUT2D eigenvalue weighted by Gasteiger charge is 2.30. The van der Waals surface area contributed by atoms with Gasteiger partial charge in [0.25, 0.3) is 0 Å². The summed E-state index contributed by atoms with van der Waals surface area (Å²) in [5.74, 6) is 0.230. The summed E-state index contributed by atoms with van der Waals surface area (Å²) >= 11 is 0. The maximum Gasteiger partial charge on any atom is 0.341 e. The van der Waals surface area contributed by atoms with Gasteiger partial charge in [-0.15, -0.1) is 0 Å². The highest BCUT2D eigenvalue weighted by molar-refractivity contribution is 5.92. The van der Waals surface area contributed by atoms with Gasteiger partial charge in [0.1, 0.15) is 16.9 Å². The molecule has 1 aromatic rings. The summed E-state index contributed by atoms with van der Waals surface area (Å²) in [7, 11) is 1.38. The predicted molar refractivity (Wildman–Crippen MR) is 68.9 cm³/mol. The van der Waals surface area contributed by atoms with Crippen LogP contribution < -0.4 is 10.1 Å². The molecule has 1 atom stereocenters. The standard InChI is InChI=1S/C14H19NO3/c1-14(8-5-9-15-10-14)18-12-7-4-3-6-11(12)13(16)17-2/h3-4,6-7,15H,5,8-10H2,1-2H3. The lowest BCUT2D eigenvalue weighted by Gasteiger charge is -2.35. The first-order valence-corrected chi connectivity index (χ1v) is 6.22. The van der Waals surface area contributed by atoms with Crippen LogP contribution in [0, 0.1) is 0 Å². The number of rotatable bonds is 3. The maximum atomic E-state index is 11.7. The molecule has 4 nitrogen and oxygen atoms in total. The summed E-state index contributed by atoms with van der Waals surface area (Å²) in [6, 6.07) is 7.20. The Morgan fingerprint density at radius 1 is 1.39 bits per heavy atom. The molecule has 18 heavy (non-hydrogen) atoms. The Morgan fingerprint density at radius 3 is 2.83 bits per heavy atom. The van der Waals surface area contributed by atoms with E-state index >= 15 is 0 Å². The van der Waals surface area contributed by atoms with Crippen LogP contribution in [0.3, 0.4) is 0 Å². The third-order valence-electron chi connectivity index (χ3n) is 3.21. The van der Waals surface area contributed by atoms with E-state index in [0.717, 1.165) is 25.9 Å². The molecule has 1 saturated heterocycles. The summed E-state index contributed by atoms with van der Waals surface area (Å²) < 4.78 is 10.8. The summed E-state index contributed by atoms with van der Waals surface area (Å²) in [6.07, 6.45) is 2.06. The molecule has 1 unspecified atom stereocenters. The number of carbonyl (C=O) groups excluding carboxylic acids is 1. The molecule has 1 aliphatic heterocycles. The lowest BCUT2D eigenvalue weighted by atomic mass is 9.96. The monoisotopic (exact) mass is 249 g/mol. The van der Waals surface area contributed by atoms with Gasteiger partial charge in [0, 0.05) is 6.54 Å². The van der Waals surface area contributed by atoms with Crippen molar-refractivity contribution in [1.29, 1.82) is 0 Å². The van der Waals surface area contributed by atoms with Gasteiger partial charge in [-0.25, -0.2) is 4.79 Å². The van der Waals surface area contributed by atoms with Gasteiger partial charge in [0.2, 0.25) is 0 Å². The van der Waals surface area contributed by atoms with Crippen molar-refractivity contribution in [3.63, 3.8) is 0 Å². The number of hydrogen-bond donors (Lipinski definition) is 1. The van der Waals surface area contributed by atoms with E-state index in [1.165, 1.54) is 7.11 Å². The molecule has 1 aromatic carbocycles. The van der Waals surface area contributed by atoms with E-state index < -0.39 is 0 Å². The van der Waals surface area contributed by atoms with Crippen LogP contribution in [0.5, 0.6) is 5.75 Å². The highest BCUT2D eigenvalue weighted by atomic mass is 16.5. The number of nitrogens with one attached hydrogen (secondary N) is 1. The van der Waals surface area contributed by atoms with Gasteiger partial charge in [0.15, 0.2) is 0 Å². The fourth-order valence-corrected chi connectivity index (χ4v) is 2.22. The van der Waals surface area contributed by atoms with E-state index in [1.807, 2.05) is 12.1 Å². The molecule has 0 aromatic heterocycles. The summed E-state index contributed by atoms with van der Waals surface area (Å²) in [5.41, 5.74) is 0.217. The SMILES string of the molecule is COC(=O)c1ccccc1OC1(C)CCCNC1. The Labute approximate surface area is 107 Å². The fourth-order valence-electron chi connectivity index (χ4n) is 2.22. The van der Waals surface area contributed by atoms with Gasteiger partial charge >= 0.3 is 5.97 Å². The molecular formula is C14H19NO3. The molecule has 98 valence electrons. The smallest absolute Gasteiger partial charge is 0.341 e. The molecule has 4 heteroatoms. The number of esters is 1. The van der Waals surface area contributed by atoms with Crippen molar-refractivity contribution >= 4 is 5.97 Å². The van der Waals surface area contributed by atoms with E-state index in [2.05, 4.69) is 12.2 Å². The van der Waals surface area contributed by atoms with Crippen molar-refractivity contribution in [2.45, 2.75) is 25.4 Å². The van der Waals surface area contributed by atoms with Crippen LogP contribution >= 0.6 is 0 Å². The average Bonchev–Trinajstić information content (AvgIpc) is 2.39. The molecule has 1 fully saturated rings. The summed E-state index contributed by atoms with van der Waals surface area (Å²) in [4.78, 5) is 11.7. The number of para-hydroxylation sites is 1. The lowest BCUT2D eigenvalue weighted by Crippen LogP contribution is -2.47. The highest BCUT2D eigenvalue weighted by Crippen LogP contribution is 2.27. The molecule has 0 saturated carbocycles. The zero-order valence-electron chi connectivity index (χ0n) is 10.9. The minimum Gasteiger partial charge on any atom is -0.485 e. The first kappa shape index (κ1) is 12.9. The Balaban J connectivity index is 2.20. The quantitative estimate of drug-likeness (QED) is 0.832. The normalized spacial score (nSPS) is 23.4. The molecule has 1 N–H and O–H groups in total. The second-order valence-electron chi connectivity index (χ2n) is 4.82. The van der Waals surface area contributed by atoms with E-state index in [1.54, 1.807) is 12.1 Å². The van der Waals surface area contributed by atoms with E-state index in [4.69, 9.17) is 9.47 Å². The first-order valence-electron chi connectivity index (χ1n) is 6.22. The largest absolute Gasteiger partial charge is 0.485 e. The van der Waals surface area contributed by atoms with E-state index in [9.17, 15) is 4.79 Å². The minimum absolute atomic E-state index is 0.262. The number of carbonyl (C=O) groups is 1. The zero-order chi connectivity index (χ0) is 13.0. The molecule has 0 bridgehead atoms. The Hall–Kier alpha value is -1.55. The molecule has 1 aliphatic rings. The number of benzene rings is 1. The predicted octanol–water partition coefficient (Wildman–Crippen LogP) is 1.99. The third-order valence-corrected chi connectivity index (χ3v) is 3.21. The van der Waals surface area contributed by atoms with Crippen molar-refractivity contribution in [2.24, 2.45) is 0 Å². The minimum atomic E-state index is -0.363. The number of hydrogen-bond acceptors (Lipinski definition) is 4. The fraction of sp³-hybridized carbons (Fsp3) is 0.500. The third kappa shape index (κ3) is 2.82. The second-order valence-corrected chi connectivity index (χ2v) is 4.82. The van der Waals surface area contributed by atoms with Gasteiger partial charge in [-0.2, -0.15) is 0 Å². The van der Waals surface area contributed by atoms with Crippen LogP contribution in [0.2, 0.25) is 0 Å². The van der Waals surface area contributed by atoms with Crippen molar-refractivity contribution in [1.82, 2.24) is 5.32 Å². The van der Waals surface area contributed by atoms with Gasteiger partial charge in [-0.3, -0.25) is 0 Å². The molecule has 0 radical (unpaired) electrons. The Morgan fingerprint density at radius 2 is 2.17 bits per heavy atom. The molecular weight excluding hydrogens is 230 g/mol. The van der Waals surface area contributed by atoms with Gasteiger partial charge in [0.05, 0.1) is 7.11 Å². The van der Waals surface area contributed by atoms with Gasteiger partial charge < -0.3 is 14.8 Å². The van der Waals surface area contributed by atoms with Crippen molar-refractivity contribution in [3.8, 4) is 5.75 Å². The maximum absolute atomic E-state index is 11.7. The van der Waals surface area contributed by atoms with Crippen LogP contribution in [-0.4, -0.2) is 31.8 Å². The van der Waals surface area contributed by atoms with Crippen LogP contribution in [0.4, 0.5) is 0 Å². The molecule has 2 rings (SSSR count). The summed E-state index contributed by atoms with van der Waals surface area (Å²) in [5, 5.41) is 3.32. The lowest BCUT2D eigenvalue weighted by molar-refractivity contribution is 0.0513. The Bertz CT molecular complexity index is 425. The van der Waals surface area contributed by atoms with E-state index in [-0.39, 0.29) is 11.6 Å². The van der Waals surface area contributed by atoms with Crippen molar-refractivity contribution in [3.05, 3.63) is 29.8 Å². The second kappa shape index (κ2) is 5.40. The van der Waals surface area contributed by atoms with Crippen LogP contribution in [0.15, 0.2) is 24.3 Å². The van der Waals surface area contributed by atoms with Gasteiger partial charge in [-0.05, 0) is 38.4 Å². The summed E-state index contributed by atoms with van der Waals surface area (Å²) in [6.45, 7) is 3.88. The molecule has 0 amide bonds. The zero-order valence-corrected chi connectivity index (χ0v) is 10.9. The van der Waals surface area contributed by atoms with Gasteiger partial charge in [-0.1, -0.05) is 12.1 Å². The van der Waals surface area contributed by atoms with Crippen molar-refractivity contribution in [2.75, 3.05) is 20.2 Å². The number of ether oxygens (including phenoxy) is 2. The average molecular weight is 249 g/mol. The van der Waals surface area contributed by atoms with Crippen molar-refractivity contribution < 1.29 is 14.3 Å². The number of methoxy groups -OCH3 is 1. The molecule has 1 heterocycles. The van der Waals surface area contributed by atoms with E-state index in [0.29, 0.717) is 11.3 Å². The van der Waals surface area contributed by atoms with Crippen LogP contribution in [0.25, 0.3) is 0 Å². The Kier molecular flexibility index (Phi) is 3.87. The van der Waals surface area contributed by atoms with Crippen LogP contribution in [-0.2, 0) is 4.74 Å². The molecule has 0 spiro atoms. The molecule has 0 aliphatic carbocycles. The number of piperidine rings is 1.